The van der Waals surface area contributed by atoms with E-state index in [0.717, 1.165) is 23.7 Å². The van der Waals surface area contributed by atoms with Gasteiger partial charge in [-0.1, -0.05) is 0 Å². The molecule has 4 bridgehead atoms. The Balaban J connectivity index is 1.96. The summed E-state index contributed by atoms with van der Waals surface area (Å²) in [5.41, 5.74) is 0. The molecule has 0 amide bonds. The lowest BCUT2D eigenvalue weighted by atomic mass is 9.52. The Morgan fingerprint density at radius 2 is 1.33 bits per heavy atom. The summed E-state index contributed by atoms with van der Waals surface area (Å²) in [5, 5.41) is 0. The fourth-order valence-corrected chi connectivity index (χ4v) is 4.46. The van der Waals surface area contributed by atoms with E-state index in [1.807, 2.05) is 0 Å². The Kier molecular flexibility index (Phi) is 1.41. The molecule has 68 valence electrons. The molecule has 0 heterocycles. The fraction of sp³-hybridized carbons (Fsp3) is 1.00. The lowest BCUT2D eigenvalue weighted by Gasteiger charge is -2.57. The summed E-state index contributed by atoms with van der Waals surface area (Å²) in [6.45, 7) is 2.29. The van der Waals surface area contributed by atoms with Crippen molar-refractivity contribution >= 4 is 11.6 Å². The molecular formula is C11H17Cl. The molecule has 0 radical (unpaired) electrons. The topological polar surface area (TPSA) is 0 Å². The van der Waals surface area contributed by atoms with Crippen molar-refractivity contribution in [2.24, 2.45) is 23.7 Å². The monoisotopic (exact) mass is 184 g/mol. The molecule has 0 spiro atoms. The van der Waals surface area contributed by atoms with E-state index in [0.29, 0.717) is 0 Å². The van der Waals surface area contributed by atoms with Gasteiger partial charge >= 0.3 is 0 Å². The first-order valence-electron chi connectivity index (χ1n) is 5.35. The molecule has 0 aromatic carbocycles. The normalized spacial score (nSPS) is 62.5. The van der Waals surface area contributed by atoms with Crippen LogP contribution >= 0.6 is 11.6 Å². The van der Waals surface area contributed by atoms with Crippen LogP contribution in [0.3, 0.4) is 0 Å². The van der Waals surface area contributed by atoms with Gasteiger partial charge in [-0.25, -0.2) is 0 Å². The maximum atomic E-state index is 6.63. The highest BCUT2D eigenvalue weighted by Gasteiger charge is 2.53. The van der Waals surface area contributed by atoms with Gasteiger partial charge in [-0.3, -0.25) is 0 Å². The minimum atomic E-state index is 0.174. The van der Waals surface area contributed by atoms with Gasteiger partial charge in [0.2, 0.25) is 0 Å². The van der Waals surface area contributed by atoms with Gasteiger partial charge in [-0.2, -0.15) is 0 Å². The van der Waals surface area contributed by atoms with E-state index in [1.54, 1.807) is 0 Å². The second-order valence-electron chi connectivity index (χ2n) is 5.46. The largest absolute Gasteiger partial charge is 0.119 e. The summed E-state index contributed by atoms with van der Waals surface area (Å²) < 4.78 is 0. The van der Waals surface area contributed by atoms with Crippen LogP contribution in [0.2, 0.25) is 0 Å². The molecule has 12 heavy (non-hydrogen) atoms. The van der Waals surface area contributed by atoms with Gasteiger partial charge in [-0.05, 0) is 62.7 Å². The number of halogens is 1. The summed E-state index contributed by atoms with van der Waals surface area (Å²) in [5.74, 6) is 3.82. The summed E-state index contributed by atoms with van der Waals surface area (Å²) >= 11 is 6.63. The van der Waals surface area contributed by atoms with Crippen LogP contribution in [0.4, 0.5) is 0 Å². The minimum Gasteiger partial charge on any atom is -0.119 e. The number of alkyl halides is 1. The molecule has 0 atom stereocenters. The van der Waals surface area contributed by atoms with Crippen molar-refractivity contribution in [3.63, 3.8) is 0 Å². The van der Waals surface area contributed by atoms with Gasteiger partial charge in [0.25, 0.3) is 0 Å². The minimum absolute atomic E-state index is 0.174. The molecule has 0 N–H and O–H groups in total. The zero-order chi connectivity index (χ0) is 8.34. The SMILES string of the molecule is CC1(Cl)C2CC3CC(C2)CC1C3. The first-order valence-corrected chi connectivity index (χ1v) is 5.73. The van der Waals surface area contributed by atoms with Gasteiger partial charge in [-0.15, -0.1) is 11.6 Å². The molecule has 4 fully saturated rings. The predicted octanol–water partition coefficient (Wildman–Crippen LogP) is 3.44. The Bertz CT molecular complexity index is 177. The van der Waals surface area contributed by atoms with Gasteiger partial charge < -0.3 is 0 Å². The third kappa shape index (κ3) is 0.852. The first kappa shape index (κ1) is 7.67. The Morgan fingerprint density at radius 1 is 0.917 bits per heavy atom. The first-order chi connectivity index (χ1) is 5.66. The maximum Gasteiger partial charge on any atom is 0.0475 e. The highest BCUT2D eigenvalue weighted by Crippen LogP contribution is 2.60. The second-order valence-corrected chi connectivity index (χ2v) is 6.27. The molecule has 0 aromatic rings. The number of rotatable bonds is 0. The van der Waals surface area contributed by atoms with E-state index < -0.39 is 0 Å². The van der Waals surface area contributed by atoms with Crippen molar-refractivity contribution in [3.05, 3.63) is 0 Å². The van der Waals surface area contributed by atoms with Gasteiger partial charge in [0.05, 0.1) is 0 Å². The molecule has 4 saturated carbocycles. The van der Waals surface area contributed by atoms with Crippen molar-refractivity contribution < 1.29 is 0 Å². The van der Waals surface area contributed by atoms with E-state index in [2.05, 4.69) is 6.92 Å². The van der Waals surface area contributed by atoms with Crippen LogP contribution in [0.5, 0.6) is 0 Å². The second kappa shape index (κ2) is 2.20. The highest BCUT2D eigenvalue weighted by molar-refractivity contribution is 6.24. The van der Waals surface area contributed by atoms with Crippen molar-refractivity contribution in [1.82, 2.24) is 0 Å². The summed E-state index contributed by atoms with van der Waals surface area (Å²) in [7, 11) is 0. The highest BCUT2D eigenvalue weighted by atomic mass is 35.5. The zero-order valence-corrected chi connectivity index (χ0v) is 8.48. The smallest absolute Gasteiger partial charge is 0.0475 e. The van der Waals surface area contributed by atoms with Crippen LogP contribution in [-0.2, 0) is 0 Å². The quantitative estimate of drug-likeness (QED) is 0.506. The predicted molar refractivity (Wildman–Crippen MR) is 51.3 cm³/mol. The molecule has 4 rings (SSSR count). The Hall–Kier alpha value is 0.290. The average molecular weight is 185 g/mol. The van der Waals surface area contributed by atoms with Crippen molar-refractivity contribution in [1.29, 1.82) is 0 Å². The van der Waals surface area contributed by atoms with Gasteiger partial charge in [0.15, 0.2) is 0 Å². The molecule has 4 aliphatic rings. The van der Waals surface area contributed by atoms with Crippen molar-refractivity contribution in [2.45, 2.75) is 43.9 Å². The van der Waals surface area contributed by atoms with Crippen molar-refractivity contribution in [2.75, 3.05) is 0 Å². The molecule has 1 heteroatoms. The Morgan fingerprint density at radius 3 is 1.75 bits per heavy atom. The number of hydrogen-bond acceptors (Lipinski definition) is 0. The van der Waals surface area contributed by atoms with Crippen LogP contribution in [0.25, 0.3) is 0 Å². The lowest BCUT2D eigenvalue weighted by molar-refractivity contribution is -0.0131. The standard InChI is InChI=1S/C11H17Cl/c1-11(12)9-3-7-2-8(5-9)6-10(11)4-7/h7-10H,2-6H2,1H3. The third-order valence-electron chi connectivity index (χ3n) is 4.73. The van der Waals surface area contributed by atoms with Crippen LogP contribution in [0, 0.1) is 23.7 Å². The van der Waals surface area contributed by atoms with E-state index in [4.69, 9.17) is 11.6 Å². The zero-order valence-electron chi connectivity index (χ0n) is 7.72. The molecule has 0 unspecified atom stereocenters. The molecule has 0 nitrogen and oxygen atoms in total. The molecular weight excluding hydrogens is 168 g/mol. The van der Waals surface area contributed by atoms with E-state index >= 15 is 0 Å². The molecule has 0 aliphatic heterocycles. The van der Waals surface area contributed by atoms with Crippen LogP contribution in [0.1, 0.15) is 39.0 Å². The van der Waals surface area contributed by atoms with E-state index in [1.165, 1.54) is 32.1 Å². The third-order valence-corrected chi connectivity index (χ3v) is 5.35. The molecule has 4 aliphatic carbocycles. The number of hydrogen-bond donors (Lipinski definition) is 0. The molecule has 0 aromatic heterocycles. The van der Waals surface area contributed by atoms with Crippen LogP contribution < -0.4 is 0 Å². The fourth-order valence-electron chi connectivity index (χ4n) is 4.11. The van der Waals surface area contributed by atoms with Crippen LogP contribution in [-0.4, -0.2) is 4.87 Å². The summed E-state index contributed by atoms with van der Waals surface area (Å²) in [4.78, 5) is 0.174. The lowest BCUT2D eigenvalue weighted by Crippen LogP contribution is -2.52. The van der Waals surface area contributed by atoms with Gasteiger partial charge in [0.1, 0.15) is 0 Å². The summed E-state index contributed by atoms with van der Waals surface area (Å²) in [6, 6.07) is 0. The summed E-state index contributed by atoms with van der Waals surface area (Å²) in [6.07, 6.45) is 7.28. The van der Waals surface area contributed by atoms with E-state index in [-0.39, 0.29) is 4.87 Å². The molecule has 0 saturated heterocycles. The van der Waals surface area contributed by atoms with Crippen LogP contribution in [0.15, 0.2) is 0 Å². The maximum absolute atomic E-state index is 6.63. The van der Waals surface area contributed by atoms with Crippen molar-refractivity contribution in [3.8, 4) is 0 Å². The van der Waals surface area contributed by atoms with Gasteiger partial charge in [0, 0.05) is 4.87 Å². The average Bonchev–Trinajstić information content (AvgIpc) is 1.99. The van der Waals surface area contributed by atoms with E-state index in [9.17, 15) is 0 Å². The Labute approximate surface area is 79.7 Å².